The maximum absolute atomic E-state index is 11.9. The Bertz CT molecular complexity index is 875. The van der Waals surface area contributed by atoms with E-state index in [1.807, 2.05) is 4.72 Å². The minimum Gasteiger partial charge on any atom is -0.454 e. The molecule has 1 N–H and O–H groups in total. The predicted molar refractivity (Wildman–Crippen MR) is 86.3 cm³/mol. The molecule has 0 unspecified atom stereocenters. The van der Waals surface area contributed by atoms with E-state index in [4.69, 9.17) is 21.1 Å². The summed E-state index contributed by atoms with van der Waals surface area (Å²) in [4.78, 5) is 11.8. The molecule has 6 nitrogen and oxygen atoms in total. The monoisotopic (exact) mass is 371 g/mol. The molecule has 3 rings (SSSR count). The summed E-state index contributed by atoms with van der Waals surface area (Å²) in [5, 5.41) is 1.97. The molecule has 0 spiro atoms. The van der Waals surface area contributed by atoms with Crippen molar-refractivity contribution in [2.24, 2.45) is 0 Å². The minimum absolute atomic E-state index is 0.0744. The molecule has 1 aromatic carbocycles. The van der Waals surface area contributed by atoms with E-state index in [0.717, 1.165) is 17.4 Å². The van der Waals surface area contributed by atoms with E-state index in [1.165, 1.54) is 12.1 Å². The lowest BCUT2D eigenvalue weighted by atomic mass is 10.2. The molecular weight excluding hydrogens is 362 g/mol. The van der Waals surface area contributed by atoms with Crippen molar-refractivity contribution in [1.82, 2.24) is 4.72 Å². The first kappa shape index (κ1) is 15.9. The van der Waals surface area contributed by atoms with Crippen LogP contribution in [0.3, 0.4) is 0 Å². The number of rotatable bonds is 4. The van der Waals surface area contributed by atoms with Crippen LogP contribution < -0.4 is 14.2 Å². The van der Waals surface area contributed by atoms with Gasteiger partial charge in [0.2, 0.25) is 6.79 Å². The number of hydrogen-bond donors (Lipinski definition) is 1. The van der Waals surface area contributed by atoms with Crippen molar-refractivity contribution in [1.29, 1.82) is 0 Å². The topological polar surface area (TPSA) is 81.7 Å². The maximum atomic E-state index is 11.9. The van der Waals surface area contributed by atoms with E-state index in [9.17, 15) is 13.2 Å². The Morgan fingerprint density at radius 3 is 2.91 bits per heavy atom. The van der Waals surface area contributed by atoms with Crippen LogP contribution in [0.4, 0.5) is 0 Å². The van der Waals surface area contributed by atoms with Crippen molar-refractivity contribution in [2.45, 2.75) is 4.21 Å². The third-order valence-electron chi connectivity index (χ3n) is 2.87. The molecule has 2 heterocycles. The van der Waals surface area contributed by atoms with Crippen molar-refractivity contribution in [3.8, 4) is 11.5 Å². The zero-order chi connectivity index (χ0) is 16.4. The zero-order valence-corrected chi connectivity index (χ0v) is 13.9. The molecule has 1 aromatic heterocycles. The fraction of sp³-hybridized carbons (Fsp3) is 0.0714. The van der Waals surface area contributed by atoms with Crippen LogP contribution in [0.25, 0.3) is 6.08 Å². The summed E-state index contributed by atoms with van der Waals surface area (Å²) in [7, 11) is -3.84. The highest BCUT2D eigenvalue weighted by molar-refractivity contribution is 7.92. The number of hydrogen-bond acceptors (Lipinski definition) is 6. The van der Waals surface area contributed by atoms with Crippen LogP contribution in [0.2, 0.25) is 5.02 Å². The number of nitrogens with one attached hydrogen (secondary N) is 1. The lowest BCUT2D eigenvalue weighted by Gasteiger charge is -2.02. The average molecular weight is 372 g/mol. The van der Waals surface area contributed by atoms with Gasteiger partial charge in [-0.1, -0.05) is 17.7 Å². The summed E-state index contributed by atoms with van der Waals surface area (Å²) in [6.07, 6.45) is 2.55. The largest absolute Gasteiger partial charge is 0.454 e. The second-order valence-electron chi connectivity index (χ2n) is 4.47. The Balaban J connectivity index is 1.73. The first-order valence-corrected chi connectivity index (χ1v) is 9.07. The minimum atomic E-state index is -3.84. The van der Waals surface area contributed by atoms with E-state index in [-0.39, 0.29) is 11.0 Å². The van der Waals surface area contributed by atoms with E-state index >= 15 is 0 Å². The number of carbonyl (C=O) groups excluding carboxylic acids is 1. The molecule has 1 aliphatic heterocycles. The van der Waals surface area contributed by atoms with E-state index in [0.29, 0.717) is 22.1 Å². The van der Waals surface area contributed by atoms with Crippen LogP contribution in [0.15, 0.2) is 39.9 Å². The quantitative estimate of drug-likeness (QED) is 0.835. The molecular formula is C14H10ClNO5S2. The molecule has 1 aliphatic rings. The van der Waals surface area contributed by atoms with Gasteiger partial charge in [-0.3, -0.25) is 4.79 Å². The molecule has 0 bridgehead atoms. The van der Waals surface area contributed by atoms with Gasteiger partial charge in [0.1, 0.15) is 4.21 Å². The molecule has 1 amide bonds. The van der Waals surface area contributed by atoms with Gasteiger partial charge in [-0.2, -0.15) is 0 Å². The molecule has 0 fully saturated rings. The summed E-state index contributed by atoms with van der Waals surface area (Å²) in [6.45, 7) is 0.0851. The lowest BCUT2D eigenvalue weighted by molar-refractivity contribution is -0.114. The van der Waals surface area contributed by atoms with Gasteiger partial charge >= 0.3 is 0 Å². The number of thiophene rings is 1. The molecule has 9 heteroatoms. The molecule has 0 saturated heterocycles. The molecule has 0 saturated carbocycles. The first-order chi connectivity index (χ1) is 11.0. The summed E-state index contributed by atoms with van der Waals surface area (Å²) in [5.74, 6) is 0.171. The van der Waals surface area contributed by atoms with Crippen LogP contribution in [-0.4, -0.2) is 21.1 Å². The summed E-state index contributed by atoms with van der Waals surface area (Å²) < 4.78 is 36.3. The van der Waals surface area contributed by atoms with E-state index in [1.54, 1.807) is 23.6 Å². The van der Waals surface area contributed by atoms with Gasteiger partial charge in [0.05, 0.1) is 5.02 Å². The Labute approximate surface area is 141 Å². The van der Waals surface area contributed by atoms with Gasteiger partial charge in [0.15, 0.2) is 11.5 Å². The second kappa shape index (κ2) is 6.23. The number of fused-ring (bicyclic) bond motifs is 1. The van der Waals surface area contributed by atoms with Crippen LogP contribution in [-0.2, 0) is 14.8 Å². The third-order valence-corrected chi connectivity index (χ3v) is 5.90. The average Bonchev–Trinajstić information content (AvgIpc) is 3.16. The van der Waals surface area contributed by atoms with Gasteiger partial charge < -0.3 is 9.47 Å². The summed E-state index contributed by atoms with van der Waals surface area (Å²) in [5.41, 5.74) is 0.586. The third kappa shape index (κ3) is 3.49. The highest BCUT2D eigenvalue weighted by Crippen LogP contribution is 2.40. The molecule has 120 valence electrons. The highest BCUT2D eigenvalue weighted by Gasteiger charge is 2.19. The van der Waals surface area contributed by atoms with Crippen molar-refractivity contribution < 1.29 is 22.7 Å². The van der Waals surface area contributed by atoms with Crippen molar-refractivity contribution >= 4 is 44.9 Å². The van der Waals surface area contributed by atoms with Gasteiger partial charge in [-0.05, 0) is 35.2 Å². The number of sulfonamides is 1. The van der Waals surface area contributed by atoms with Gasteiger partial charge in [-0.25, -0.2) is 13.1 Å². The number of ether oxygens (including phenoxy) is 2. The Morgan fingerprint density at radius 2 is 2.17 bits per heavy atom. The molecule has 0 radical (unpaired) electrons. The Morgan fingerprint density at radius 1 is 1.35 bits per heavy atom. The number of amides is 1. The van der Waals surface area contributed by atoms with Crippen LogP contribution in [0.5, 0.6) is 11.5 Å². The summed E-state index contributed by atoms with van der Waals surface area (Å²) >= 11 is 7.06. The van der Waals surface area contributed by atoms with Gasteiger partial charge in [-0.15, -0.1) is 11.3 Å². The normalized spacial score (nSPS) is 13.4. The fourth-order valence-corrected chi connectivity index (χ4v) is 4.10. The molecule has 0 aliphatic carbocycles. The van der Waals surface area contributed by atoms with Gasteiger partial charge in [0.25, 0.3) is 15.9 Å². The van der Waals surface area contributed by atoms with E-state index in [2.05, 4.69) is 0 Å². The number of carbonyl (C=O) groups is 1. The van der Waals surface area contributed by atoms with Crippen molar-refractivity contribution in [3.05, 3.63) is 46.3 Å². The van der Waals surface area contributed by atoms with Crippen molar-refractivity contribution in [2.75, 3.05) is 6.79 Å². The predicted octanol–water partition coefficient (Wildman–Crippen LogP) is 2.65. The fourth-order valence-electron chi connectivity index (χ4n) is 1.89. The Hall–Kier alpha value is -2.03. The number of halogens is 1. The lowest BCUT2D eigenvalue weighted by Crippen LogP contribution is -2.28. The number of benzene rings is 1. The van der Waals surface area contributed by atoms with Crippen molar-refractivity contribution in [3.63, 3.8) is 0 Å². The van der Waals surface area contributed by atoms with Gasteiger partial charge in [0, 0.05) is 6.08 Å². The summed E-state index contributed by atoms with van der Waals surface area (Å²) in [6, 6.07) is 6.24. The first-order valence-electron chi connectivity index (χ1n) is 6.33. The SMILES string of the molecule is O=C(C=Cc1cc(Cl)c2c(c1)OCO2)NS(=O)(=O)c1cccs1. The van der Waals surface area contributed by atoms with Crippen LogP contribution in [0.1, 0.15) is 5.56 Å². The highest BCUT2D eigenvalue weighted by atomic mass is 35.5. The second-order valence-corrected chi connectivity index (χ2v) is 7.74. The maximum Gasteiger partial charge on any atom is 0.273 e. The van der Waals surface area contributed by atoms with Crippen LogP contribution >= 0.6 is 22.9 Å². The molecule has 23 heavy (non-hydrogen) atoms. The standard InChI is InChI=1S/C14H10ClNO5S2/c15-10-6-9(7-11-14(10)21-8-20-11)3-4-12(17)16-23(18,19)13-2-1-5-22-13/h1-7H,8H2,(H,16,17). The molecule has 2 aromatic rings. The van der Waals surface area contributed by atoms with Crippen LogP contribution in [0, 0.1) is 0 Å². The van der Waals surface area contributed by atoms with E-state index < -0.39 is 15.9 Å². The zero-order valence-electron chi connectivity index (χ0n) is 11.5. The Kier molecular flexibility index (Phi) is 4.29. The molecule has 0 atom stereocenters. The smallest absolute Gasteiger partial charge is 0.273 e.